The van der Waals surface area contributed by atoms with E-state index in [2.05, 4.69) is 46.2 Å². The Morgan fingerprint density at radius 1 is 1.28 bits per heavy atom. The van der Waals surface area contributed by atoms with Gasteiger partial charge in [-0.1, -0.05) is 18.2 Å². The van der Waals surface area contributed by atoms with Gasteiger partial charge < -0.3 is 9.13 Å². The summed E-state index contributed by atoms with van der Waals surface area (Å²) in [6.07, 6.45) is 5.65. The number of benzene rings is 1. The van der Waals surface area contributed by atoms with Gasteiger partial charge in [-0.05, 0) is 39.7 Å². The Balaban J connectivity index is 0.00000182. The molecule has 2 aromatic heterocycles. The van der Waals surface area contributed by atoms with Crippen LogP contribution in [0.25, 0.3) is 10.9 Å². The summed E-state index contributed by atoms with van der Waals surface area (Å²) < 4.78 is 4.44. The molecule has 1 aromatic carbocycles. The second-order valence-corrected chi connectivity index (χ2v) is 7.03. The van der Waals surface area contributed by atoms with E-state index in [4.69, 9.17) is 0 Å². The van der Waals surface area contributed by atoms with Crippen LogP contribution in [0.2, 0.25) is 0 Å². The predicted octanol–water partition coefficient (Wildman–Crippen LogP) is 4.59. The molecule has 0 aliphatic heterocycles. The van der Waals surface area contributed by atoms with Crippen molar-refractivity contribution in [2.45, 2.75) is 46.2 Å². The lowest BCUT2D eigenvalue weighted by atomic mass is 9.85. The molecule has 0 amide bonds. The highest BCUT2D eigenvalue weighted by Gasteiger charge is 2.33. The Kier molecular flexibility index (Phi) is 4.74. The number of para-hydroxylation sites is 1. The zero-order valence-electron chi connectivity index (χ0n) is 14.9. The molecule has 0 N–H and O–H groups in total. The number of halogens is 1. The molecule has 1 atom stereocenters. The molecule has 5 heteroatoms. The van der Waals surface area contributed by atoms with Crippen LogP contribution in [0.4, 0.5) is 0 Å². The minimum Gasteiger partial charge on any atom is -0.341 e. The summed E-state index contributed by atoms with van der Waals surface area (Å²) >= 11 is 0. The highest BCUT2D eigenvalue weighted by molar-refractivity contribution is 6.11. The largest absolute Gasteiger partial charge is 0.341 e. The van der Waals surface area contributed by atoms with E-state index in [0.717, 1.165) is 36.2 Å². The number of hydrogen-bond acceptors (Lipinski definition) is 2. The molecule has 0 saturated heterocycles. The molecular weight excluding hydrogens is 334 g/mol. The molecular formula is C20H24ClN3O. The molecule has 0 bridgehead atoms. The van der Waals surface area contributed by atoms with Crippen LogP contribution in [0.5, 0.6) is 0 Å². The van der Waals surface area contributed by atoms with Crippen LogP contribution in [0, 0.1) is 12.8 Å². The average molecular weight is 358 g/mol. The molecule has 0 saturated carbocycles. The van der Waals surface area contributed by atoms with Gasteiger partial charge in [0.15, 0.2) is 5.78 Å². The van der Waals surface area contributed by atoms with Gasteiger partial charge in [0.2, 0.25) is 0 Å². The van der Waals surface area contributed by atoms with Gasteiger partial charge in [-0.25, -0.2) is 4.98 Å². The van der Waals surface area contributed by atoms with Crippen molar-refractivity contribution < 1.29 is 4.79 Å². The van der Waals surface area contributed by atoms with E-state index in [9.17, 15) is 4.79 Å². The van der Waals surface area contributed by atoms with Crippen molar-refractivity contribution >= 4 is 29.1 Å². The molecule has 1 unspecified atom stereocenters. The molecule has 132 valence electrons. The van der Waals surface area contributed by atoms with Crippen molar-refractivity contribution in [2.24, 2.45) is 5.92 Å². The zero-order chi connectivity index (χ0) is 16.8. The number of nitrogens with zero attached hydrogens (tertiary/aromatic N) is 3. The third-order valence-corrected chi connectivity index (χ3v) is 5.22. The fraction of sp³-hybridized carbons (Fsp3) is 0.400. The molecule has 0 radical (unpaired) electrons. The minimum atomic E-state index is 0. The van der Waals surface area contributed by atoms with Gasteiger partial charge in [0, 0.05) is 53.1 Å². The molecule has 0 spiro atoms. The van der Waals surface area contributed by atoms with Gasteiger partial charge >= 0.3 is 0 Å². The van der Waals surface area contributed by atoms with Crippen LogP contribution >= 0.6 is 12.4 Å². The van der Waals surface area contributed by atoms with E-state index in [0.29, 0.717) is 11.8 Å². The van der Waals surface area contributed by atoms with Gasteiger partial charge in [-0.3, -0.25) is 4.79 Å². The van der Waals surface area contributed by atoms with Gasteiger partial charge in [0.1, 0.15) is 5.82 Å². The summed E-state index contributed by atoms with van der Waals surface area (Å²) in [5, 5.41) is 1.11. The molecule has 4 nitrogen and oxygen atoms in total. The number of Topliss-reactive ketones (excluding diaryl/α,β-unsaturated/α-hetero) is 1. The Morgan fingerprint density at radius 2 is 2.04 bits per heavy atom. The van der Waals surface area contributed by atoms with Gasteiger partial charge in [-0.15, -0.1) is 12.4 Å². The van der Waals surface area contributed by atoms with Crippen molar-refractivity contribution in [3.8, 4) is 0 Å². The molecule has 1 aliphatic carbocycles. The third-order valence-electron chi connectivity index (χ3n) is 5.22. The Hall–Kier alpha value is -2.07. The van der Waals surface area contributed by atoms with Crippen molar-refractivity contribution in [1.29, 1.82) is 0 Å². The summed E-state index contributed by atoms with van der Waals surface area (Å²) in [4.78, 5) is 17.5. The number of fused-ring (bicyclic) bond motifs is 3. The van der Waals surface area contributed by atoms with Crippen molar-refractivity contribution in [3.05, 3.63) is 53.7 Å². The summed E-state index contributed by atoms with van der Waals surface area (Å²) in [5.74, 6) is 1.30. The second-order valence-electron chi connectivity index (χ2n) is 7.03. The van der Waals surface area contributed by atoms with E-state index < -0.39 is 0 Å². The number of aromatic nitrogens is 3. The highest BCUT2D eigenvalue weighted by Crippen LogP contribution is 2.36. The molecule has 4 rings (SSSR count). The van der Waals surface area contributed by atoms with Crippen LogP contribution in [-0.4, -0.2) is 19.9 Å². The fourth-order valence-corrected chi connectivity index (χ4v) is 4.08. The highest BCUT2D eigenvalue weighted by atomic mass is 35.5. The number of carbonyl (C=O) groups excluding carboxylic acids is 1. The fourth-order valence-electron chi connectivity index (χ4n) is 4.08. The van der Waals surface area contributed by atoms with Crippen molar-refractivity contribution in [1.82, 2.24) is 14.1 Å². The van der Waals surface area contributed by atoms with Crippen LogP contribution in [0.1, 0.15) is 48.2 Å². The second kappa shape index (κ2) is 6.68. The normalized spacial score (nSPS) is 17.0. The Labute approximate surface area is 154 Å². The number of imidazole rings is 1. The lowest BCUT2D eigenvalue weighted by Crippen LogP contribution is -2.27. The lowest BCUT2D eigenvalue weighted by Gasteiger charge is -2.24. The first-order valence-corrected chi connectivity index (χ1v) is 8.71. The van der Waals surface area contributed by atoms with Gasteiger partial charge in [-0.2, -0.15) is 0 Å². The lowest BCUT2D eigenvalue weighted by molar-refractivity contribution is 0.0887. The van der Waals surface area contributed by atoms with Crippen LogP contribution < -0.4 is 0 Å². The van der Waals surface area contributed by atoms with E-state index in [1.54, 1.807) is 6.20 Å². The Morgan fingerprint density at radius 3 is 2.72 bits per heavy atom. The smallest absolute Gasteiger partial charge is 0.170 e. The van der Waals surface area contributed by atoms with E-state index in [1.807, 2.05) is 19.2 Å². The topological polar surface area (TPSA) is 39.8 Å². The quantitative estimate of drug-likeness (QED) is 0.687. The van der Waals surface area contributed by atoms with Crippen molar-refractivity contribution in [3.63, 3.8) is 0 Å². The monoisotopic (exact) mass is 357 g/mol. The standard InChI is InChI=1S/C20H23N3O.ClH/c1-13(2)23-17-7-5-4-6-16(17)19-18(23)9-8-15(20(19)24)12-22-11-10-21-14(22)3;/h4-7,10-11,13,15H,8-9,12H2,1-3H3;1H. The summed E-state index contributed by atoms with van der Waals surface area (Å²) in [6.45, 7) is 7.10. The molecule has 1 aliphatic rings. The maximum absolute atomic E-state index is 13.3. The van der Waals surface area contributed by atoms with Crippen molar-refractivity contribution in [2.75, 3.05) is 0 Å². The van der Waals surface area contributed by atoms with Crippen LogP contribution in [0.15, 0.2) is 36.7 Å². The number of hydrogen-bond donors (Lipinski definition) is 0. The Bertz CT molecular complexity index is 922. The first kappa shape index (κ1) is 17.7. The number of rotatable bonds is 3. The predicted molar refractivity (Wildman–Crippen MR) is 103 cm³/mol. The van der Waals surface area contributed by atoms with E-state index >= 15 is 0 Å². The molecule has 3 aromatic rings. The van der Waals surface area contributed by atoms with Crippen LogP contribution in [-0.2, 0) is 13.0 Å². The van der Waals surface area contributed by atoms with E-state index in [-0.39, 0.29) is 18.3 Å². The molecule has 2 heterocycles. The van der Waals surface area contributed by atoms with Crippen LogP contribution in [0.3, 0.4) is 0 Å². The minimum absolute atomic E-state index is 0. The summed E-state index contributed by atoms with van der Waals surface area (Å²) in [7, 11) is 0. The maximum Gasteiger partial charge on any atom is 0.170 e. The first-order chi connectivity index (χ1) is 11.6. The molecule has 25 heavy (non-hydrogen) atoms. The zero-order valence-corrected chi connectivity index (χ0v) is 15.7. The third kappa shape index (κ3) is 2.78. The number of aryl methyl sites for hydroxylation is 1. The number of carbonyl (C=O) groups is 1. The summed E-state index contributed by atoms with van der Waals surface area (Å²) in [6, 6.07) is 8.68. The average Bonchev–Trinajstić information content (AvgIpc) is 3.11. The van der Waals surface area contributed by atoms with Gasteiger partial charge in [0.05, 0.1) is 0 Å². The van der Waals surface area contributed by atoms with E-state index in [1.165, 1.54) is 11.2 Å². The summed E-state index contributed by atoms with van der Waals surface area (Å²) in [5.41, 5.74) is 3.36. The number of ketones is 1. The maximum atomic E-state index is 13.3. The SMILES string of the molecule is Cc1nccn1CC1CCc2c(c3ccccc3n2C(C)C)C1=O.Cl. The van der Waals surface area contributed by atoms with Gasteiger partial charge in [0.25, 0.3) is 0 Å². The first-order valence-electron chi connectivity index (χ1n) is 8.71. The molecule has 0 fully saturated rings.